The Hall–Kier alpha value is -0.0800. The van der Waals surface area contributed by atoms with Crippen LogP contribution in [0.15, 0.2) is 0 Å². The van der Waals surface area contributed by atoms with Crippen molar-refractivity contribution in [2.45, 2.75) is 38.6 Å². The zero-order chi connectivity index (χ0) is 9.10. The topological polar surface area (TPSA) is 15.3 Å². The minimum Gasteiger partial charge on any atom is -0.314 e. The lowest BCUT2D eigenvalue weighted by Gasteiger charge is -2.38. The predicted octanol–water partition coefficient (Wildman–Crippen LogP) is 1.47. The van der Waals surface area contributed by atoms with E-state index in [0.717, 1.165) is 12.0 Å². The Labute approximate surface area is 81.7 Å². The number of hydrogen-bond donors (Lipinski definition) is 1. The smallest absolute Gasteiger partial charge is 0.0110 e. The molecule has 2 aliphatic rings. The Kier molecular flexibility index (Phi) is 3.23. The van der Waals surface area contributed by atoms with Crippen molar-refractivity contribution >= 4 is 0 Å². The Bertz CT molecular complexity index is 152. The summed E-state index contributed by atoms with van der Waals surface area (Å²) >= 11 is 0. The number of nitrogens with one attached hydrogen (secondary N) is 1. The molecule has 76 valence electrons. The molecule has 1 heterocycles. The molecule has 0 aromatic rings. The molecule has 1 aliphatic carbocycles. The van der Waals surface area contributed by atoms with Gasteiger partial charge in [0, 0.05) is 32.2 Å². The van der Waals surface area contributed by atoms with Gasteiger partial charge in [0.05, 0.1) is 0 Å². The van der Waals surface area contributed by atoms with Crippen LogP contribution in [0.25, 0.3) is 0 Å². The van der Waals surface area contributed by atoms with Crippen molar-refractivity contribution in [1.82, 2.24) is 10.2 Å². The number of nitrogens with zero attached hydrogens (tertiary/aromatic N) is 1. The van der Waals surface area contributed by atoms with Crippen molar-refractivity contribution in [2.75, 3.05) is 26.2 Å². The van der Waals surface area contributed by atoms with Gasteiger partial charge in [-0.05, 0) is 18.8 Å². The van der Waals surface area contributed by atoms with E-state index in [2.05, 4.69) is 17.1 Å². The summed E-state index contributed by atoms with van der Waals surface area (Å²) in [4.78, 5) is 2.70. The van der Waals surface area contributed by atoms with Crippen LogP contribution in [0.1, 0.15) is 32.6 Å². The first-order valence-corrected chi connectivity index (χ1v) is 5.81. The van der Waals surface area contributed by atoms with E-state index in [0.29, 0.717) is 0 Å². The van der Waals surface area contributed by atoms with E-state index in [9.17, 15) is 0 Å². The summed E-state index contributed by atoms with van der Waals surface area (Å²) < 4.78 is 0. The fourth-order valence-corrected chi connectivity index (χ4v) is 2.78. The molecule has 2 fully saturated rings. The highest BCUT2D eigenvalue weighted by Crippen LogP contribution is 2.27. The van der Waals surface area contributed by atoms with Gasteiger partial charge in [0.15, 0.2) is 0 Å². The first-order valence-electron chi connectivity index (χ1n) is 5.81. The molecule has 0 aromatic carbocycles. The van der Waals surface area contributed by atoms with Crippen LogP contribution in [0.5, 0.6) is 0 Å². The van der Waals surface area contributed by atoms with Gasteiger partial charge in [0.2, 0.25) is 0 Å². The highest BCUT2D eigenvalue weighted by atomic mass is 15.2. The summed E-state index contributed by atoms with van der Waals surface area (Å²) in [6, 6.07) is 0.908. The van der Waals surface area contributed by atoms with Gasteiger partial charge < -0.3 is 5.32 Å². The summed E-state index contributed by atoms with van der Waals surface area (Å²) in [5, 5.41) is 3.42. The second-order valence-corrected chi connectivity index (χ2v) is 4.71. The third-order valence-corrected chi connectivity index (χ3v) is 3.58. The largest absolute Gasteiger partial charge is 0.314 e. The van der Waals surface area contributed by atoms with E-state index in [1.165, 1.54) is 51.9 Å². The minimum absolute atomic E-state index is 0.908. The lowest BCUT2D eigenvalue weighted by molar-refractivity contribution is 0.120. The molecule has 2 rings (SSSR count). The van der Waals surface area contributed by atoms with Crippen LogP contribution in [0, 0.1) is 5.92 Å². The van der Waals surface area contributed by atoms with E-state index in [1.807, 2.05) is 0 Å². The zero-order valence-corrected chi connectivity index (χ0v) is 8.76. The zero-order valence-electron chi connectivity index (χ0n) is 8.76. The van der Waals surface area contributed by atoms with Crippen LogP contribution in [-0.2, 0) is 0 Å². The first-order chi connectivity index (χ1) is 6.36. The molecule has 2 nitrogen and oxygen atoms in total. The van der Waals surface area contributed by atoms with Gasteiger partial charge in [-0.15, -0.1) is 0 Å². The lowest BCUT2D eigenvalue weighted by Crippen LogP contribution is -2.49. The standard InChI is InChI=1S/C11H22N2/c1-10-3-2-4-11(9-10)13-7-5-12-6-8-13/h10-12H,2-9H2,1H3/t10-,11-/m1/s1. The molecule has 0 bridgehead atoms. The molecule has 0 radical (unpaired) electrons. The van der Waals surface area contributed by atoms with Crippen molar-refractivity contribution in [3.05, 3.63) is 0 Å². The van der Waals surface area contributed by atoms with Crippen molar-refractivity contribution in [3.8, 4) is 0 Å². The predicted molar refractivity (Wildman–Crippen MR) is 55.9 cm³/mol. The molecule has 2 atom stereocenters. The highest BCUT2D eigenvalue weighted by Gasteiger charge is 2.25. The Balaban J connectivity index is 1.83. The molecular formula is C11H22N2. The van der Waals surface area contributed by atoms with E-state index in [4.69, 9.17) is 0 Å². The molecule has 0 unspecified atom stereocenters. The van der Waals surface area contributed by atoms with Gasteiger partial charge in [-0.25, -0.2) is 0 Å². The fourth-order valence-electron chi connectivity index (χ4n) is 2.78. The normalized spacial score (nSPS) is 37.6. The van der Waals surface area contributed by atoms with E-state index < -0.39 is 0 Å². The Morgan fingerprint density at radius 3 is 2.62 bits per heavy atom. The van der Waals surface area contributed by atoms with Crippen LogP contribution >= 0.6 is 0 Å². The van der Waals surface area contributed by atoms with E-state index in [-0.39, 0.29) is 0 Å². The summed E-state index contributed by atoms with van der Waals surface area (Å²) in [5.41, 5.74) is 0. The monoisotopic (exact) mass is 182 g/mol. The Morgan fingerprint density at radius 1 is 1.15 bits per heavy atom. The van der Waals surface area contributed by atoms with Crippen molar-refractivity contribution in [2.24, 2.45) is 5.92 Å². The average Bonchev–Trinajstić information content (AvgIpc) is 2.19. The van der Waals surface area contributed by atoms with Crippen LogP contribution in [0.2, 0.25) is 0 Å². The summed E-state index contributed by atoms with van der Waals surface area (Å²) in [6.45, 7) is 7.36. The average molecular weight is 182 g/mol. The summed E-state index contributed by atoms with van der Waals surface area (Å²) in [6.07, 6.45) is 5.81. The summed E-state index contributed by atoms with van der Waals surface area (Å²) in [5.74, 6) is 0.966. The summed E-state index contributed by atoms with van der Waals surface area (Å²) in [7, 11) is 0. The first kappa shape index (κ1) is 9.47. The molecular weight excluding hydrogens is 160 g/mol. The van der Waals surface area contributed by atoms with Crippen LogP contribution in [0.4, 0.5) is 0 Å². The minimum atomic E-state index is 0.908. The highest BCUT2D eigenvalue weighted by molar-refractivity contribution is 4.81. The van der Waals surface area contributed by atoms with Crippen molar-refractivity contribution < 1.29 is 0 Å². The molecule has 1 N–H and O–H groups in total. The maximum absolute atomic E-state index is 3.42. The third kappa shape index (κ3) is 2.44. The number of rotatable bonds is 1. The molecule has 0 amide bonds. The molecule has 0 aromatic heterocycles. The lowest BCUT2D eigenvalue weighted by atomic mass is 9.86. The van der Waals surface area contributed by atoms with Crippen LogP contribution in [0.3, 0.4) is 0 Å². The number of piperazine rings is 1. The fraction of sp³-hybridized carbons (Fsp3) is 1.00. The second-order valence-electron chi connectivity index (χ2n) is 4.71. The molecule has 13 heavy (non-hydrogen) atoms. The van der Waals surface area contributed by atoms with Crippen molar-refractivity contribution in [1.29, 1.82) is 0 Å². The van der Waals surface area contributed by atoms with Gasteiger partial charge >= 0.3 is 0 Å². The third-order valence-electron chi connectivity index (χ3n) is 3.58. The van der Waals surface area contributed by atoms with Gasteiger partial charge in [-0.3, -0.25) is 4.90 Å². The molecule has 0 spiro atoms. The van der Waals surface area contributed by atoms with Gasteiger partial charge in [-0.1, -0.05) is 19.8 Å². The van der Waals surface area contributed by atoms with Gasteiger partial charge in [0.25, 0.3) is 0 Å². The molecule has 1 saturated heterocycles. The van der Waals surface area contributed by atoms with Crippen LogP contribution in [-0.4, -0.2) is 37.1 Å². The van der Waals surface area contributed by atoms with Crippen molar-refractivity contribution in [3.63, 3.8) is 0 Å². The molecule has 2 heteroatoms. The van der Waals surface area contributed by atoms with E-state index in [1.54, 1.807) is 0 Å². The molecule has 1 saturated carbocycles. The maximum Gasteiger partial charge on any atom is 0.0110 e. The maximum atomic E-state index is 3.42. The second kappa shape index (κ2) is 4.43. The number of hydrogen-bond acceptors (Lipinski definition) is 2. The Morgan fingerprint density at radius 2 is 1.92 bits per heavy atom. The van der Waals surface area contributed by atoms with E-state index >= 15 is 0 Å². The van der Waals surface area contributed by atoms with Gasteiger partial charge in [0.1, 0.15) is 0 Å². The van der Waals surface area contributed by atoms with Crippen LogP contribution < -0.4 is 5.32 Å². The van der Waals surface area contributed by atoms with Gasteiger partial charge in [-0.2, -0.15) is 0 Å². The quantitative estimate of drug-likeness (QED) is 0.660. The molecule has 1 aliphatic heterocycles. The SMILES string of the molecule is C[C@@H]1CCC[C@@H](N2CCNCC2)C1.